The highest BCUT2D eigenvalue weighted by Gasteiger charge is 2.11. The number of fused-ring (bicyclic) bond motifs is 1. The predicted octanol–water partition coefficient (Wildman–Crippen LogP) is 3.71. The number of halogens is 2. The van der Waals surface area contributed by atoms with Gasteiger partial charge in [0.05, 0.1) is 5.02 Å². The quantitative estimate of drug-likeness (QED) is 0.550. The second kappa shape index (κ2) is 6.29. The Bertz CT molecular complexity index is 981. The van der Waals surface area contributed by atoms with Crippen LogP contribution in [0.1, 0.15) is 10.4 Å². The van der Waals surface area contributed by atoms with E-state index in [-0.39, 0.29) is 5.96 Å². The molecule has 0 saturated heterocycles. The molecule has 0 radical (unpaired) electrons. The zero-order valence-electron chi connectivity index (χ0n) is 12.5. The van der Waals surface area contributed by atoms with Gasteiger partial charge in [-0.15, -0.1) is 0 Å². The van der Waals surface area contributed by atoms with Crippen molar-refractivity contribution in [2.45, 2.75) is 0 Å². The van der Waals surface area contributed by atoms with Crippen LogP contribution in [0, 0.1) is 5.82 Å². The van der Waals surface area contributed by atoms with E-state index in [0.717, 1.165) is 16.3 Å². The average molecular weight is 342 g/mol. The van der Waals surface area contributed by atoms with Crippen LogP contribution in [0.15, 0.2) is 59.6 Å². The largest absolute Gasteiger partial charge is 0.370 e. The summed E-state index contributed by atoms with van der Waals surface area (Å²) in [5.74, 6) is -1.24. The molecule has 6 heteroatoms. The van der Waals surface area contributed by atoms with E-state index >= 15 is 0 Å². The van der Waals surface area contributed by atoms with Crippen molar-refractivity contribution in [1.29, 1.82) is 0 Å². The lowest BCUT2D eigenvalue weighted by Crippen LogP contribution is -2.24. The molecular formula is C18H13ClFN3O. The Balaban J connectivity index is 2.22. The van der Waals surface area contributed by atoms with E-state index in [0.29, 0.717) is 16.1 Å². The second-order valence-corrected chi connectivity index (χ2v) is 5.61. The smallest absolute Gasteiger partial charge is 0.280 e. The van der Waals surface area contributed by atoms with E-state index < -0.39 is 11.7 Å². The summed E-state index contributed by atoms with van der Waals surface area (Å²) in [6.07, 6.45) is 0. The van der Waals surface area contributed by atoms with Crippen molar-refractivity contribution < 1.29 is 9.18 Å². The number of nitrogens with zero attached hydrogens (tertiary/aromatic N) is 1. The van der Waals surface area contributed by atoms with Crippen LogP contribution in [-0.2, 0) is 0 Å². The first-order valence-electron chi connectivity index (χ1n) is 7.08. The molecule has 0 atom stereocenters. The molecule has 3 rings (SSSR count). The number of guanidine groups is 1. The molecule has 3 aromatic rings. The number of aliphatic imine (C=N–C) groups is 1. The molecule has 0 aromatic heterocycles. The van der Waals surface area contributed by atoms with Gasteiger partial charge < -0.3 is 11.5 Å². The van der Waals surface area contributed by atoms with Gasteiger partial charge in [0.1, 0.15) is 5.82 Å². The van der Waals surface area contributed by atoms with Crippen LogP contribution in [0.3, 0.4) is 0 Å². The van der Waals surface area contributed by atoms with Crippen molar-refractivity contribution in [2.75, 3.05) is 0 Å². The van der Waals surface area contributed by atoms with E-state index in [1.54, 1.807) is 24.3 Å². The van der Waals surface area contributed by atoms with Crippen LogP contribution in [0.4, 0.5) is 4.39 Å². The number of carbonyl (C=O) groups is 1. The monoisotopic (exact) mass is 341 g/mol. The van der Waals surface area contributed by atoms with Gasteiger partial charge in [0.2, 0.25) is 0 Å². The van der Waals surface area contributed by atoms with Gasteiger partial charge in [0.15, 0.2) is 5.96 Å². The van der Waals surface area contributed by atoms with Crippen molar-refractivity contribution in [3.8, 4) is 11.1 Å². The van der Waals surface area contributed by atoms with Crippen molar-refractivity contribution in [3.63, 3.8) is 0 Å². The third kappa shape index (κ3) is 3.07. The molecule has 0 saturated carbocycles. The lowest BCUT2D eigenvalue weighted by Gasteiger charge is -2.10. The number of amides is 1. The minimum Gasteiger partial charge on any atom is -0.370 e. The molecule has 0 heterocycles. The first-order chi connectivity index (χ1) is 11.5. The molecule has 0 aliphatic rings. The highest BCUT2D eigenvalue weighted by atomic mass is 35.5. The number of hydrogen-bond acceptors (Lipinski definition) is 1. The highest BCUT2D eigenvalue weighted by Crippen LogP contribution is 2.34. The van der Waals surface area contributed by atoms with Crippen molar-refractivity contribution >= 4 is 34.2 Å². The van der Waals surface area contributed by atoms with Gasteiger partial charge in [0, 0.05) is 11.1 Å². The van der Waals surface area contributed by atoms with Crippen LogP contribution >= 0.6 is 11.6 Å². The zero-order valence-corrected chi connectivity index (χ0v) is 13.2. The molecule has 120 valence electrons. The van der Waals surface area contributed by atoms with Crippen LogP contribution in [0.25, 0.3) is 21.9 Å². The van der Waals surface area contributed by atoms with E-state index in [1.165, 1.54) is 12.1 Å². The number of benzene rings is 3. The first-order valence-corrected chi connectivity index (χ1v) is 7.45. The molecular weight excluding hydrogens is 329 g/mol. The van der Waals surface area contributed by atoms with Gasteiger partial charge in [-0.05, 0) is 46.7 Å². The Kier molecular flexibility index (Phi) is 4.18. The topological polar surface area (TPSA) is 81.5 Å². The molecule has 4 N–H and O–H groups in total. The number of rotatable bonds is 2. The Morgan fingerprint density at radius 2 is 1.79 bits per heavy atom. The summed E-state index contributed by atoms with van der Waals surface area (Å²) in [4.78, 5) is 15.6. The van der Waals surface area contributed by atoms with Crippen molar-refractivity contribution in [1.82, 2.24) is 0 Å². The molecule has 0 bridgehead atoms. The third-order valence-electron chi connectivity index (χ3n) is 3.58. The summed E-state index contributed by atoms with van der Waals surface area (Å²) in [6, 6.07) is 15.0. The van der Waals surface area contributed by atoms with E-state index in [2.05, 4.69) is 4.99 Å². The van der Waals surface area contributed by atoms with Crippen LogP contribution in [0.2, 0.25) is 5.02 Å². The van der Waals surface area contributed by atoms with Gasteiger partial charge in [-0.3, -0.25) is 4.79 Å². The number of carbonyl (C=O) groups excluding carboxylic acids is 1. The van der Waals surface area contributed by atoms with Gasteiger partial charge in [-0.25, -0.2) is 4.39 Å². The molecule has 0 aliphatic carbocycles. The van der Waals surface area contributed by atoms with Crippen LogP contribution in [0.5, 0.6) is 0 Å². The number of nitrogens with two attached hydrogens (primary N) is 2. The molecule has 0 fully saturated rings. The molecule has 0 spiro atoms. The Labute approximate surface area is 142 Å². The fourth-order valence-corrected chi connectivity index (χ4v) is 2.80. The average Bonchev–Trinajstić information content (AvgIpc) is 2.53. The normalized spacial score (nSPS) is 10.6. The third-order valence-corrected chi connectivity index (χ3v) is 3.89. The van der Waals surface area contributed by atoms with Gasteiger partial charge >= 0.3 is 0 Å². The Morgan fingerprint density at radius 3 is 2.50 bits per heavy atom. The second-order valence-electron chi connectivity index (χ2n) is 5.21. The summed E-state index contributed by atoms with van der Waals surface area (Å²) < 4.78 is 13.3. The lowest BCUT2D eigenvalue weighted by molar-refractivity contribution is 0.100. The molecule has 0 unspecified atom stereocenters. The fraction of sp³-hybridized carbons (Fsp3) is 0. The predicted molar refractivity (Wildman–Crippen MR) is 94.5 cm³/mol. The van der Waals surface area contributed by atoms with E-state index in [9.17, 15) is 9.18 Å². The lowest BCUT2D eigenvalue weighted by atomic mass is 9.96. The minimum atomic E-state index is -0.531. The minimum absolute atomic E-state index is 0.295. The first kappa shape index (κ1) is 16.0. The van der Waals surface area contributed by atoms with E-state index in [1.807, 2.05) is 18.2 Å². The summed E-state index contributed by atoms with van der Waals surface area (Å²) in [5, 5.41) is 2.00. The van der Waals surface area contributed by atoms with Gasteiger partial charge in [-0.1, -0.05) is 35.9 Å². The van der Waals surface area contributed by atoms with Gasteiger partial charge in [-0.2, -0.15) is 4.99 Å². The van der Waals surface area contributed by atoms with Crippen LogP contribution in [-0.4, -0.2) is 11.9 Å². The summed E-state index contributed by atoms with van der Waals surface area (Å²) in [5.41, 5.74) is 12.3. The molecule has 3 aromatic carbocycles. The maximum absolute atomic E-state index is 13.3. The standard InChI is InChI=1S/C18H13ClFN3O/c19-16-9-12(20)6-7-14(16)13-3-1-2-10-4-5-11(8-15(10)13)17(24)23-18(21)22/h1-9H,(H4,21,22,23,24). The van der Waals surface area contributed by atoms with Crippen LogP contribution < -0.4 is 11.5 Å². The fourth-order valence-electron chi connectivity index (χ4n) is 2.53. The van der Waals surface area contributed by atoms with Gasteiger partial charge in [0.25, 0.3) is 5.91 Å². The van der Waals surface area contributed by atoms with Crippen molar-refractivity contribution in [2.24, 2.45) is 16.5 Å². The molecule has 4 nitrogen and oxygen atoms in total. The van der Waals surface area contributed by atoms with E-state index in [4.69, 9.17) is 23.1 Å². The summed E-state index contributed by atoms with van der Waals surface area (Å²) in [7, 11) is 0. The highest BCUT2D eigenvalue weighted by molar-refractivity contribution is 6.33. The molecule has 24 heavy (non-hydrogen) atoms. The SMILES string of the molecule is NC(N)=NC(=O)c1ccc2cccc(-c3ccc(F)cc3Cl)c2c1. The Morgan fingerprint density at radius 1 is 1.00 bits per heavy atom. The number of hydrogen-bond donors (Lipinski definition) is 2. The molecule has 0 aliphatic heterocycles. The summed E-state index contributed by atoms with van der Waals surface area (Å²) >= 11 is 6.17. The van der Waals surface area contributed by atoms with Crippen molar-refractivity contribution in [3.05, 3.63) is 71.0 Å². The summed E-state index contributed by atoms with van der Waals surface area (Å²) in [6.45, 7) is 0. The Hall–Kier alpha value is -2.92. The maximum Gasteiger partial charge on any atom is 0.280 e. The zero-order chi connectivity index (χ0) is 17.3. The molecule has 1 amide bonds. The maximum atomic E-state index is 13.3.